The standard InChI is InChI=1S/C23H32O2/c1-7-15(3)17-9-11-19(21(24)13-17)23(5,6)20-12-10-18(14-22(20)25)16(4)8-2/h9-16,24-25H,7-8H2,1-6H3. The number of benzene rings is 2. The molecule has 2 N–H and O–H groups in total. The van der Waals surface area contributed by atoms with Gasteiger partial charge < -0.3 is 10.2 Å². The van der Waals surface area contributed by atoms with E-state index in [0.717, 1.165) is 35.1 Å². The summed E-state index contributed by atoms with van der Waals surface area (Å²) < 4.78 is 0. The van der Waals surface area contributed by atoms with E-state index >= 15 is 0 Å². The van der Waals surface area contributed by atoms with Crippen molar-refractivity contribution in [2.75, 3.05) is 0 Å². The fraction of sp³-hybridized carbons (Fsp3) is 0.478. The topological polar surface area (TPSA) is 40.5 Å². The zero-order valence-corrected chi connectivity index (χ0v) is 16.4. The molecule has 0 saturated heterocycles. The molecule has 25 heavy (non-hydrogen) atoms. The first-order valence-electron chi connectivity index (χ1n) is 9.39. The monoisotopic (exact) mass is 340 g/mol. The molecule has 2 heteroatoms. The van der Waals surface area contributed by atoms with Crippen LogP contribution in [-0.2, 0) is 5.41 Å². The van der Waals surface area contributed by atoms with Crippen LogP contribution in [0.1, 0.15) is 88.5 Å². The molecule has 0 aliphatic heterocycles. The Morgan fingerprint density at radius 3 is 1.40 bits per heavy atom. The number of hydrogen-bond donors (Lipinski definition) is 2. The smallest absolute Gasteiger partial charge is 0.119 e. The Kier molecular flexibility index (Phi) is 5.82. The third-order valence-corrected chi connectivity index (χ3v) is 5.75. The molecule has 0 fully saturated rings. The molecule has 0 heterocycles. The van der Waals surface area contributed by atoms with E-state index in [1.165, 1.54) is 0 Å². The number of hydrogen-bond acceptors (Lipinski definition) is 2. The summed E-state index contributed by atoms with van der Waals surface area (Å²) in [7, 11) is 0. The summed E-state index contributed by atoms with van der Waals surface area (Å²) in [6.45, 7) is 12.7. The molecule has 0 spiro atoms. The molecule has 2 aromatic rings. The Hall–Kier alpha value is -1.96. The molecule has 0 aromatic heterocycles. The van der Waals surface area contributed by atoms with Crippen molar-refractivity contribution in [3.8, 4) is 11.5 Å². The molecular weight excluding hydrogens is 308 g/mol. The van der Waals surface area contributed by atoms with Crippen LogP contribution in [0.3, 0.4) is 0 Å². The summed E-state index contributed by atoms with van der Waals surface area (Å²) in [6, 6.07) is 11.9. The average Bonchev–Trinajstić information content (AvgIpc) is 2.59. The number of phenolic OH excluding ortho intramolecular Hbond substituents is 2. The Labute approximate surface area is 152 Å². The normalized spacial score (nSPS) is 14.3. The van der Waals surface area contributed by atoms with Gasteiger partial charge >= 0.3 is 0 Å². The molecule has 136 valence electrons. The molecule has 2 aromatic carbocycles. The maximum Gasteiger partial charge on any atom is 0.119 e. The van der Waals surface area contributed by atoms with Crippen LogP contribution >= 0.6 is 0 Å². The van der Waals surface area contributed by atoms with Crippen LogP contribution in [0, 0.1) is 0 Å². The first kappa shape index (κ1) is 19.4. The highest BCUT2D eigenvalue weighted by molar-refractivity contribution is 5.52. The summed E-state index contributed by atoms with van der Waals surface area (Å²) in [6.07, 6.45) is 2.08. The Balaban J connectivity index is 2.45. The number of phenols is 2. The number of rotatable bonds is 6. The maximum absolute atomic E-state index is 10.6. The lowest BCUT2D eigenvalue weighted by molar-refractivity contribution is 0.434. The fourth-order valence-electron chi connectivity index (χ4n) is 3.38. The van der Waals surface area contributed by atoms with E-state index in [1.54, 1.807) is 0 Å². The minimum Gasteiger partial charge on any atom is -0.508 e. The van der Waals surface area contributed by atoms with Crippen LogP contribution in [0.5, 0.6) is 11.5 Å². The molecule has 0 aliphatic carbocycles. The van der Waals surface area contributed by atoms with Crippen molar-refractivity contribution in [3.63, 3.8) is 0 Å². The fourth-order valence-corrected chi connectivity index (χ4v) is 3.38. The van der Waals surface area contributed by atoms with E-state index in [-0.39, 0.29) is 0 Å². The quantitative estimate of drug-likeness (QED) is 0.634. The first-order chi connectivity index (χ1) is 11.7. The van der Waals surface area contributed by atoms with E-state index in [4.69, 9.17) is 0 Å². The highest BCUT2D eigenvalue weighted by atomic mass is 16.3. The summed E-state index contributed by atoms with van der Waals surface area (Å²) in [5, 5.41) is 21.2. The predicted molar refractivity (Wildman–Crippen MR) is 106 cm³/mol. The molecule has 2 atom stereocenters. The van der Waals surface area contributed by atoms with E-state index in [0.29, 0.717) is 23.3 Å². The highest BCUT2D eigenvalue weighted by Gasteiger charge is 2.29. The summed E-state index contributed by atoms with van der Waals surface area (Å²) in [4.78, 5) is 0. The zero-order chi connectivity index (χ0) is 18.8. The third-order valence-electron chi connectivity index (χ3n) is 5.75. The summed E-state index contributed by atoms with van der Waals surface area (Å²) in [5.74, 6) is 1.44. The van der Waals surface area contributed by atoms with Gasteiger partial charge in [-0.05, 0) is 47.9 Å². The third kappa shape index (κ3) is 3.84. The number of aromatic hydroxyl groups is 2. The molecule has 0 amide bonds. The van der Waals surface area contributed by atoms with E-state index < -0.39 is 5.41 Å². The minimum atomic E-state index is -0.476. The van der Waals surface area contributed by atoms with Crippen molar-refractivity contribution in [2.24, 2.45) is 0 Å². The zero-order valence-electron chi connectivity index (χ0n) is 16.4. The molecule has 2 rings (SSSR count). The minimum absolute atomic E-state index is 0.299. The Morgan fingerprint density at radius 1 is 0.760 bits per heavy atom. The molecule has 0 bridgehead atoms. The summed E-state index contributed by atoms with van der Waals surface area (Å²) >= 11 is 0. The van der Waals surface area contributed by atoms with Crippen LogP contribution in [0.4, 0.5) is 0 Å². The average molecular weight is 341 g/mol. The lowest BCUT2D eigenvalue weighted by Gasteiger charge is -2.29. The molecule has 2 unspecified atom stereocenters. The lowest BCUT2D eigenvalue weighted by Crippen LogP contribution is -2.19. The van der Waals surface area contributed by atoms with Gasteiger partial charge in [-0.1, -0.05) is 65.8 Å². The second kappa shape index (κ2) is 7.51. The van der Waals surface area contributed by atoms with Crippen molar-refractivity contribution in [1.29, 1.82) is 0 Å². The highest BCUT2D eigenvalue weighted by Crippen LogP contribution is 2.42. The maximum atomic E-state index is 10.6. The van der Waals surface area contributed by atoms with E-state index in [2.05, 4.69) is 39.8 Å². The van der Waals surface area contributed by atoms with Gasteiger partial charge in [0.25, 0.3) is 0 Å². The molecular formula is C23H32O2. The van der Waals surface area contributed by atoms with Crippen LogP contribution in [0.15, 0.2) is 36.4 Å². The SMILES string of the molecule is CCC(C)c1ccc(C(C)(C)c2ccc(C(C)CC)cc2O)c(O)c1. The van der Waals surface area contributed by atoms with Crippen molar-refractivity contribution in [2.45, 2.75) is 71.6 Å². The second-order valence-corrected chi connectivity index (χ2v) is 7.80. The second-order valence-electron chi connectivity index (χ2n) is 7.80. The van der Waals surface area contributed by atoms with Gasteiger partial charge in [0.1, 0.15) is 11.5 Å². The van der Waals surface area contributed by atoms with Gasteiger partial charge in [0.05, 0.1) is 0 Å². The van der Waals surface area contributed by atoms with E-state index in [1.807, 2.05) is 38.1 Å². The van der Waals surface area contributed by atoms with Crippen molar-refractivity contribution >= 4 is 0 Å². The Bertz CT molecular complexity index is 669. The van der Waals surface area contributed by atoms with Crippen molar-refractivity contribution < 1.29 is 10.2 Å². The van der Waals surface area contributed by atoms with Crippen LogP contribution < -0.4 is 0 Å². The predicted octanol–water partition coefficient (Wildman–Crippen LogP) is 6.45. The molecule has 2 nitrogen and oxygen atoms in total. The largest absolute Gasteiger partial charge is 0.508 e. The molecule has 0 radical (unpaired) electrons. The van der Waals surface area contributed by atoms with Crippen LogP contribution in [0.2, 0.25) is 0 Å². The van der Waals surface area contributed by atoms with Gasteiger partial charge in [-0.3, -0.25) is 0 Å². The van der Waals surface area contributed by atoms with Gasteiger partial charge in [0.15, 0.2) is 0 Å². The van der Waals surface area contributed by atoms with Gasteiger partial charge in [-0.15, -0.1) is 0 Å². The molecule has 0 saturated carbocycles. The lowest BCUT2D eigenvalue weighted by atomic mass is 9.76. The summed E-state index contributed by atoms with van der Waals surface area (Å²) in [5.41, 5.74) is 3.50. The molecule has 0 aliphatic rings. The van der Waals surface area contributed by atoms with Crippen molar-refractivity contribution in [3.05, 3.63) is 58.7 Å². The van der Waals surface area contributed by atoms with Crippen molar-refractivity contribution in [1.82, 2.24) is 0 Å². The first-order valence-corrected chi connectivity index (χ1v) is 9.39. The van der Waals surface area contributed by atoms with Crippen LogP contribution in [0.25, 0.3) is 0 Å². The Morgan fingerprint density at radius 2 is 1.12 bits per heavy atom. The van der Waals surface area contributed by atoms with Gasteiger partial charge in [-0.25, -0.2) is 0 Å². The van der Waals surface area contributed by atoms with E-state index in [9.17, 15) is 10.2 Å². The van der Waals surface area contributed by atoms with Gasteiger partial charge in [-0.2, -0.15) is 0 Å². The van der Waals surface area contributed by atoms with Crippen LogP contribution in [-0.4, -0.2) is 10.2 Å². The van der Waals surface area contributed by atoms with Gasteiger partial charge in [0, 0.05) is 16.5 Å². The van der Waals surface area contributed by atoms with Gasteiger partial charge in [0.2, 0.25) is 0 Å².